The third-order valence-corrected chi connectivity index (χ3v) is 2.39. The molecule has 0 aliphatic heterocycles. The number of nitrogens with one attached hydrogen (secondary N) is 1. The first kappa shape index (κ1) is 9.96. The van der Waals surface area contributed by atoms with Crippen molar-refractivity contribution in [3.63, 3.8) is 0 Å². The van der Waals surface area contributed by atoms with Crippen molar-refractivity contribution in [1.82, 2.24) is 5.32 Å². The van der Waals surface area contributed by atoms with E-state index >= 15 is 0 Å². The second kappa shape index (κ2) is 4.21. The van der Waals surface area contributed by atoms with Crippen molar-refractivity contribution in [2.75, 3.05) is 26.4 Å². The van der Waals surface area contributed by atoms with E-state index in [4.69, 9.17) is 9.84 Å². The van der Waals surface area contributed by atoms with Gasteiger partial charge in [-0.2, -0.15) is 0 Å². The number of aliphatic hydroxyl groups is 1. The Kier molecular flexibility index (Phi) is 3.50. The molecule has 1 atom stereocenters. The molecule has 2 N–H and O–H groups in total. The fourth-order valence-corrected chi connectivity index (χ4v) is 1.29. The maximum absolute atomic E-state index is 8.42. The smallest absolute Gasteiger partial charge is 0.0698 e. The molecule has 3 heteroatoms. The Balaban J connectivity index is 1.85. The highest BCUT2D eigenvalue weighted by Crippen LogP contribution is 2.44. The molecule has 1 aliphatic carbocycles. The molecule has 12 heavy (non-hydrogen) atoms. The molecule has 1 fully saturated rings. The topological polar surface area (TPSA) is 41.5 Å². The molecule has 3 nitrogen and oxygen atoms in total. The average Bonchev–Trinajstić information content (AvgIpc) is 2.59. The van der Waals surface area contributed by atoms with Gasteiger partial charge in [-0.1, -0.05) is 13.8 Å². The summed E-state index contributed by atoms with van der Waals surface area (Å²) in [6.07, 6.45) is 1.27. The summed E-state index contributed by atoms with van der Waals surface area (Å²) in [5.41, 5.74) is 0.497. The van der Waals surface area contributed by atoms with E-state index in [1.54, 1.807) is 0 Å². The van der Waals surface area contributed by atoms with Crippen LogP contribution in [0.15, 0.2) is 0 Å². The van der Waals surface area contributed by atoms with E-state index in [-0.39, 0.29) is 6.61 Å². The molecule has 72 valence electrons. The van der Waals surface area contributed by atoms with E-state index in [0.29, 0.717) is 24.7 Å². The normalized spacial score (nSPS) is 25.8. The second-order valence-electron chi connectivity index (χ2n) is 4.04. The molecule has 1 aliphatic rings. The minimum absolute atomic E-state index is 0.120. The molecule has 1 unspecified atom stereocenters. The number of rotatable bonds is 6. The number of ether oxygens (including phenoxy) is 1. The van der Waals surface area contributed by atoms with Crippen LogP contribution >= 0.6 is 0 Å². The largest absolute Gasteiger partial charge is 0.394 e. The zero-order valence-corrected chi connectivity index (χ0v) is 7.97. The van der Waals surface area contributed by atoms with Crippen molar-refractivity contribution in [3.05, 3.63) is 0 Å². The summed E-state index contributed by atoms with van der Waals surface area (Å²) in [5, 5.41) is 11.8. The first-order valence-corrected chi connectivity index (χ1v) is 4.59. The maximum Gasteiger partial charge on any atom is 0.0698 e. The van der Waals surface area contributed by atoms with Gasteiger partial charge >= 0.3 is 0 Å². The lowest BCUT2D eigenvalue weighted by atomic mass is 10.2. The first-order valence-electron chi connectivity index (χ1n) is 4.59. The highest BCUT2D eigenvalue weighted by molar-refractivity contribution is 5.01. The lowest BCUT2D eigenvalue weighted by Crippen LogP contribution is -2.25. The van der Waals surface area contributed by atoms with Crippen LogP contribution < -0.4 is 5.32 Å². The number of aliphatic hydroxyl groups excluding tert-OH is 1. The van der Waals surface area contributed by atoms with Crippen molar-refractivity contribution in [3.8, 4) is 0 Å². The van der Waals surface area contributed by atoms with Gasteiger partial charge in [0.2, 0.25) is 0 Å². The predicted octanol–water partition coefficient (Wildman–Crippen LogP) is 0.383. The lowest BCUT2D eigenvalue weighted by molar-refractivity contribution is 0.0934. The van der Waals surface area contributed by atoms with Crippen LogP contribution in [-0.4, -0.2) is 37.5 Å². The molecule has 0 heterocycles. The summed E-state index contributed by atoms with van der Waals surface area (Å²) in [6.45, 7) is 6.70. The van der Waals surface area contributed by atoms with E-state index < -0.39 is 0 Å². The molecule has 0 aromatic carbocycles. The summed E-state index contributed by atoms with van der Waals surface area (Å²) in [7, 11) is 0. The summed E-state index contributed by atoms with van der Waals surface area (Å²) in [4.78, 5) is 0. The molecule has 0 amide bonds. The van der Waals surface area contributed by atoms with Gasteiger partial charge in [0.1, 0.15) is 0 Å². The minimum Gasteiger partial charge on any atom is -0.394 e. The molecule has 0 radical (unpaired) electrons. The fraction of sp³-hybridized carbons (Fsp3) is 1.00. The zero-order chi connectivity index (χ0) is 9.03. The molecule has 0 saturated heterocycles. The van der Waals surface area contributed by atoms with Gasteiger partial charge in [0.05, 0.1) is 19.8 Å². The minimum atomic E-state index is 0.120. The van der Waals surface area contributed by atoms with Crippen LogP contribution in [0.4, 0.5) is 0 Å². The van der Waals surface area contributed by atoms with Gasteiger partial charge in [-0.3, -0.25) is 0 Å². The summed E-state index contributed by atoms with van der Waals surface area (Å²) in [6, 6.07) is 0.676. The third-order valence-electron chi connectivity index (χ3n) is 2.39. The first-order chi connectivity index (χ1) is 5.67. The molecule has 1 saturated carbocycles. The lowest BCUT2D eigenvalue weighted by Gasteiger charge is -2.06. The fourth-order valence-electron chi connectivity index (χ4n) is 1.29. The van der Waals surface area contributed by atoms with Gasteiger partial charge < -0.3 is 15.2 Å². The summed E-state index contributed by atoms with van der Waals surface area (Å²) >= 11 is 0. The molecular weight excluding hydrogens is 154 g/mol. The van der Waals surface area contributed by atoms with E-state index in [9.17, 15) is 0 Å². The van der Waals surface area contributed by atoms with E-state index in [1.165, 1.54) is 6.42 Å². The number of hydrogen-bond donors (Lipinski definition) is 2. The zero-order valence-electron chi connectivity index (χ0n) is 7.97. The molecular formula is C9H19NO2. The summed E-state index contributed by atoms with van der Waals surface area (Å²) in [5.74, 6) is 0. The van der Waals surface area contributed by atoms with Gasteiger partial charge in [-0.15, -0.1) is 0 Å². The van der Waals surface area contributed by atoms with Crippen LogP contribution in [0.5, 0.6) is 0 Å². The average molecular weight is 173 g/mol. The highest BCUT2D eigenvalue weighted by atomic mass is 16.5. The highest BCUT2D eigenvalue weighted by Gasteiger charge is 2.44. The maximum atomic E-state index is 8.42. The van der Waals surface area contributed by atoms with Gasteiger partial charge in [-0.25, -0.2) is 0 Å². The van der Waals surface area contributed by atoms with E-state index in [2.05, 4.69) is 19.2 Å². The Labute approximate surface area is 74.1 Å². The molecule has 0 aromatic rings. The van der Waals surface area contributed by atoms with Crippen LogP contribution in [-0.2, 0) is 4.74 Å². The van der Waals surface area contributed by atoms with Gasteiger partial charge in [0, 0.05) is 12.6 Å². The van der Waals surface area contributed by atoms with E-state index in [1.807, 2.05) is 0 Å². The van der Waals surface area contributed by atoms with Crippen LogP contribution in [0.1, 0.15) is 20.3 Å². The Hall–Kier alpha value is -0.120. The van der Waals surface area contributed by atoms with Crippen molar-refractivity contribution in [1.29, 1.82) is 0 Å². The summed E-state index contributed by atoms with van der Waals surface area (Å²) < 4.78 is 5.12. The molecule has 0 spiro atoms. The van der Waals surface area contributed by atoms with E-state index in [0.717, 1.165) is 6.54 Å². The second-order valence-corrected chi connectivity index (χ2v) is 4.04. The van der Waals surface area contributed by atoms with Crippen molar-refractivity contribution in [2.24, 2.45) is 5.41 Å². The van der Waals surface area contributed by atoms with Crippen molar-refractivity contribution < 1.29 is 9.84 Å². The standard InChI is InChI=1S/C9H19NO2/c1-9(2)7-8(9)10-3-5-12-6-4-11/h8,10-11H,3-7H2,1-2H3. The molecule has 0 bridgehead atoms. The van der Waals surface area contributed by atoms with Crippen LogP contribution in [0.25, 0.3) is 0 Å². The van der Waals surface area contributed by atoms with Crippen LogP contribution in [0.3, 0.4) is 0 Å². The van der Waals surface area contributed by atoms with Crippen molar-refractivity contribution >= 4 is 0 Å². The Morgan fingerprint density at radius 2 is 2.17 bits per heavy atom. The Bertz CT molecular complexity index is 136. The van der Waals surface area contributed by atoms with Crippen LogP contribution in [0, 0.1) is 5.41 Å². The predicted molar refractivity (Wildman–Crippen MR) is 48.1 cm³/mol. The SMILES string of the molecule is CC1(C)CC1NCCOCCO. The van der Waals surface area contributed by atoms with Crippen LogP contribution in [0.2, 0.25) is 0 Å². The van der Waals surface area contributed by atoms with Gasteiger partial charge in [-0.05, 0) is 11.8 Å². The Morgan fingerprint density at radius 3 is 2.67 bits per heavy atom. The monoisotopic (exact) mass is 173 g/mol. The quantitative estimate of drug-likeness (QED) is 0.571. The molecule has 1 rings (SSSR count). The third kappa shape index (κ3) is 3.09. The van der Waals surface area contributed by atoms with Gasteiger partial charge in [0.25, 0.3) is 0 Å². The molecule has 0 aromatic heterocycles. The van der Waals surface area contributed by atoms with Crippen molar-refractivity contribution in [2.45, 2.75) is 26.3 Å². The Morgan fingerprint density at radius 1 is 1.50 bits per heavy atom. The number of hydrogen-bond acceptors (Lipinski definition) is 3. The van der Waals surface area contributed by atoms with Gasteiger partial charge in [0.15, 0.2) is 0 Å².